The predicted octanol–water partition coefficient (Wildman–Crippen LogP) is 2.27. The average molecular weight is 251 g/mol. The number of hydrogen-bond donors (Lipinski definition) is 0. The van der Waals surface area contributed by atoms with Gasteiger partial charge in [0.15, 0.2) is 0 Å². The topological polar surface area (TPSA) is 40.6 Å². The summed E-state index contributed by atoms with van der Waals surface area (Å²) in [5, 5.41) is 0.426. The van der Waals surface area contributed by atoms with Crippen LogP contribution in [0.15, 0.2) is 24.3 Å². The van der Waals surface area contributed by atoms with Gasteiger partial charge in [-0.1, -0.05) is 23.7 Å². The van der Waals surface area contributed by atoms with Crippen LogP contribution in [0.25, 0.3) is 0 Å². The molecule has 1 aromatic carbocycles. The van der Waals surface area contributed by atoms with E-state index in [1.165, 1.54) is 4.90 Å². The number of amides is 3. The number of anilines is 1. The number of urea groups is 1. The molecule has 2 heterocycles. The molecule has 0 N–H and O–H groups in total. The van der Waals surface area contributed by atoms with Crippen LogP contribution in [-0.2, 0) is 4.79 Å². The van der Waals surface area contributed by atoms with Crippen LogP contribution in [0.4, 0.5) is 10.5 Å². The van der Waals surface area contributed by atoms with E-state index in [0.717, 1.165) is 12.8 Å². The second-order valence-corrected chi connectivity index (χ2v) is 4.67. The molecule has 88 valence electrons. The molecule has 0 radical (unpaired) electrons. The van der Waals surface area contributed by atoms with Crippen LogP contribution in [0.3, 0.4) is 0 Å². The molecule has 17 heavy (non-hydrogen) atoms. The van der Waals surface area contributed by atoms with Gasteiger partial charge in [-0.25, -0.2) is 9.69 Å². The molecular weight excluding hydrogens is 240 g/mol. The minimum atomic E-state index is -0.279. The van der Waals surface area contributed by atoms with Crippen LogP contribution in [0, 0.1) is 0 Å². The Morgan fingerprint density at radius 2 is 2.00 bits per heavy atom. The Morgan fingerprint density at radius 1 is 1.24 bits per heavy atom. The Labute approximate surface area is 104 Å². The molecule has 2 aliphatic heterocycles. The van der Waals surface area contributed by atoms with Crippen molar-refractivity contribution in [2.24, 2.45) is 0 Å². The van der Waals surface area contributed by atoms with E-state index in [9.17, 15) is 9.59 Å². The number of carbonyl (C=O) groups is 2. The van der Waals surface area contributed by atoms with Crippen LogP contribution in [-0.4, -0.2) is 29.4 Å². The maximum atomic E-state index is 12.2. The summed E-state index contributed by atoms with van der Waals surface area (Å²) < 4.78 is 0. The minimum absolute atomic E-state index is 0.152. The van der Waals surface area contributed by atoms with Gasteiger partial charge in [0.25, 0.3) is 5.91 Å². The van der Waals surface area contributed by atoms with Gasteiger partial charge in [0.1, 0.15) is 6.04 Å². The van der Waals surface area contributed by atoms with Gasteiger partial charge in [0.05, 0.1) is 10.7 Å². The number of halogens is 1. The Balaban J connectivity index is 2.03. The average Bonchev–Trinajstić information content (AvgIpc) is 2.87. The standard InChI is InChI=1S/C12H11ClN2O2/c13-8-4-1-2-5-9(8)15-11(16)10-6-3-7-14(10)12(15)17/h1-2,4-5,10H,3,6-7H2. The number of fused-ring (bicyclic) bond motifs is 1. The highest BCUT2D eigenvalue weighted by molar-refractivity contribution is 6.35. The second-order valence-electron chi connectivity index (χ2n) is 4.26. The first-order chi connectivity index (χ1) is 8.20. The molecule has 0 bridgehead atoms. The molecule has 1 atom stereocenters. The maximum Gasteiger partial charge on any atom is 0.332 e. The van der Waals surface area contributed by atoms with Crippen molar-refractivity contribution in [3.8, 4) is 0 Å². The van der Waals surface area contributed by atoms with Crippen molar-refractivity contribution >= 4 is 29.2 Å². The molecule has 0 spiro atoms. The first-order valence-electron chi connectivity index (χ1n) is 5.59. The Morgan fingerprint density at radius 3 is 2.71 bits per heavy atom. The Kier molecular flexibility index (Phi) is 2.33. The number of imide groups is 1. The quantitative estimate of drug-likeness (QED) is 0.718. The molecule has 0 saturated carbocycles. The molecular formula is C12H11ClN2O2. The lowest BCUT2D eigenvalue weighted by Gasteiger charge is -2.16. The summed E-state index contributed by atoms with van der Waals surface area (Å²) in [6.07, 6.45) is 1.66. The van der Waals surface area contributed by atoms with E-state index < -0.39 is 0 Å². The fourth-order valence-corrected chi connectivity index (χ4v) is 2.70. The lowest BCUT2D eigenvalue weighted by atomic mass is 10.2. The summed E-state index contributed by atoms with van der Waals surface area (Å²) in [5.41, 5.74) is 0.485. The van der Waals surface area contributed by atoms with Gasteiger partial charge < -0.3 is 4.90 Å². The van der Waals surface area contributed by atoms with Crippen molar-refractivity contribution in [2.45, 2.75) is 18.9 Å². The first-order valence-corrected chi connectivity index (χ1v) is 5.97. The van der Waals surface area contributed by atoms with Crippen molar-refractivity contribution in [1.29, 1.82) is 0 Å². The second kappa shape index (κ2) is 3.74. The third-order valence-electron chi connectivity index (χ3n) is 3.29. The Bertz CT molecular complexity index is 481. The summed E-state index contributed by atoms with van der Waals surface area (Å²) in [6, 6.07) is 6.40. The fraction of sp³-hybridized carbons (Fsp3) is 0.333. The molecule has 2 aliphatic rings. The zero-order chi connectivity index (χ0) is 12.0. The van der Waals surface area contributed by atoms with Gasteiger partial charge in [0, 0.05) is 6.54 Å². The summed E-state index contributed by atoms with van der Waals surface area (Å²) in [4.78, 5) is 27.1. The largest absolute Gasteiger partial charge is 0.332 e. The summed E-state index contributed by atoms with van der Waals surface area (Å²) in [5.74, 6) is -0.152. The fourth-order valence-electron chi connectivity index (χ4n) is 2.48. The normalized spacial score (nSPS) is 23.5. The number of hydrogen-bond acceptors (Lipinski definition) is 2. The summed E-state index contributed by atoms with van der Waals surface area (Å²) >= 11 is 6.03. The number of benzene rings is 1. The van der Waals surface area contributed by atoms with E-state index in [0.29, 0.717) is 17.3 Å². The Hall–Kier alpha value is -1.55. The lowest BCUT2D eigenvalue weighted by molar-refractivity contribution is -0.119. The molecule has 4 nitrogen and oxygen atoms in total. The first kappa shape index (κ1) is 10.6. The molecule has 0 aliphatic carbocycles. The third kappa shape index (κ3) is 1.44. The molecule has 5 heteroatoms. The predicted molar refractivity (Wildman–Crippen MR) is 64.1 cm³/mol. The summed E-state index contributed by atoms with van der Waals surface area (Å²) in [7, 11) is 0. The van der Waals surface area contributed by atoms with E-state index in [2.05, 4.69) is 0 Å². The molecule has 0 aromatic heterocycles. The monoisotopic (exact) mass is 250 g/mol. The van der Waals surface area contributed by atoms with E-state index in [1.54, 1.807) is 29.2 Å². The van der Waals surface area contributed by atoms with Gasteiger partial charge in [-0.3, -0.25) is 4.79 Å². The number of carbonyl (C=O) groups excluding carboxylic acids is 2. The van der Waals surface area contributed by atoms with Crippen molar-refractivity contribution in [3.05, 3.63) is 29.3 Å². The van der Waals surface area contributed by atoms with Crippen molar-refractivity contribution in [1.82, 2.24) is 4.90 Å². The van der Waals surface area contributed by atoms with Gasteiger partial charge in [0.2, 0.25) is 0 Å². The van der Waals surface area contributed by atoms with Crippen LogP contribution < -0.4 is 4.90 Å². The smallest absolute Gasteiger partial charge is 0.312 e. The number of para-hydroxylation sites is 1. The van der Waals surface area contributed by atoms with Gasteiger partial charge in [-0.15, -0.1) is 0 Å². The van der Waals surface area contributed by atoms with Crippen molar-refractivity contribution < 1.29 is 9.59 Å². The van der Waals surface area contributed by atoms with Crippen molar-refractivity contribution in [2.75, 3.05) is 11.4 Å². The molecule has 1 aromatic rings. The zero-order valence-electron chi connectivity index (χ0n) is 9.10. The minimum Gasteiger partial charge on any atom is -0.312 e. The molecule has 3 rings (SSSR count). The molecule has 1 unspecified atom stereocenters. The van der Waals surface area contributed by atoms with Crippen LogP contribution in [0.2, 0.25) is 5.02 Å². The number of rotatable bonds is 1. The van der Waals surface area contributed by atoms with Crippen molar-refractivity contribution in [3.63, 3.8) is 0 Å². The van der Waals surface area contributed by atoms with Gasteiger partial charge in [-0.05, 0) is 25.0 Å². The third-order valence-corrected chi connectivity index (χ3v) is 3.61. The molecule has 2 saturated heterocycles. The maximum absolute atomic E-state index is 12.2. The zero-order valence-corrected chi connectivity index (χ0v) is 9.85. The SMILES string of the molecule is O=C1C2CCCN2C(=O)N1c1ccccc1Cl. The van der Waals surface area contributed by atoms with E-state index in [1.807, 2.05) is 0 Å². The highest BCUT2D eigenvalue weighted by atomic mass is 35.5. The highest BCUT2D eigenvalue weighted by Gasteiger charge is 2.48. The summed E-state index contributed by atoms with van der Waals surface area (Å²) in [6.45, 7) is 0.663. The van der Waals surface area contributed by atoms with Crippen LogP contribution in [0.5, 0.6) is 0 Å². The van der Waals surface area contributed by atoms with E-state index in [-0.39, 0.29) is 18.0 Å². The van der Waals surface area contributed by atoms with Gasteiger partial charge in [-0.2, -0.15) is 0 Å². The molecule has 3 amide bonds. The molecule has 2 fully saturated rings. The highest BCUT2D eigenvalue weighted by Crippen LogP contribution is 2.34. The van der Waals surface area contributed by atoms with Gasteiger partial charge >= 0.3 is 6.03 Å². The number of nitrogens with zero attached hydrogens (tertiary/aromatic N) is 2. The van der Waals surface area contributed by atoms with E-state index in [4.69, 9.17) is 11.6 Å². The van der Waals surface area contributed by atoms with Crippen LogP contribution >= 0.6 is 11.6 Å². The van der Waals surface area contributed by atoms with Crippen LogP contribution in [0.1, 0.15) is 12.8 Å². The van der Waals surface area contributed by atoms with E-state index >= 15 is 0 Å². The lowest BCUT2D eigenvalue weighted by Crippen LogP contribution is -2.33.